The predicted octanol–water partition coefficient (Wildman–Crippen LogP) is 6.80. The Morgan fingerprint density at radius 2 is 1.52 bits per heavy atom. The lowest BCUT2D eigenvalue weighted by Crippen LogP contribution is -2.25. The largest absolute Gasteiger partial charge is 0.586 e. The topological polar surface area (TPSA) is 60.7 Å². The number of benzene rings is 3. The van der Waals surface area contributed by atoms with Crippen molar-refractivity contribution in [3.63, 3.8) is 0 Å². The number of halogens is 2. The van der Waals surface area contributed by atoms with Gasteiger partial charge < -0.3 is 19.2 Å². The normalized spacial score (nSPS) is 13.7. The van der Waals surface area contributed by atoms with Crippen molar-refractivity contribution in [2.24, 2.45) is 0 Å². The summed E-state index contributed by atoms with van der Waals surface area (Å²) < 4.78 is 41.5. The van der Waals surface area contributed by atoms with E-state index in [0.717, 1.165) is 22.3 Å². The summed E-state index contributed by atoms with van der Waals surface area (Å²) >= 11 is 0. The average Bonchev–Trinajstić information content (AvgIpc) is 3.32. The van der Waals surface area contributed by atoms with Gasteiger partial charge >= 0.3 is 6.29 Å². The van der Waals surface area contributed by atoms with E-state index in [1.807, 2.05) is 30.3 Å². The van der Waals surface area contributed by atoms with Gasteiger partial charge in [0.1, 0.15) is 11.5 Å². The van der Waals surface area contributed by atoms with Crippen LogP contribution in [0.5, 0.6) is 11.5 Å². The number of ether oxygens (including phenoxy) is 2. The molecule has 3 aromatic carbocycles. The van der Waals surface area contributed by atoms with Crippen LogP contribution in [0, 0.1) is 13.8 Å². The van der Waals surface area contributed by atoms with Gasteiger partial charge in [-0.05, 0) is 60.9 Å². The SMILES string of the molecule is Cc1cc2c(cc1-c1ccc(NC(=O)c3cc(-c4ccccc4)oc3C)cc1)OC(F)(F)O2. The van der Waals surface area contributed by atoms with E-state index in [4.69, 9.17) is 4.42 Å². The minimum Gasteiger partial charge on any atom is -0.461 e. The number of carbonyl (C=O) groups excluding carboxylic acids is 1. The number of furan rings is 1. The number of hydrogen-bond acceptors (Lipinski definition) is 4. The van der Waals surface area contributed by atoms with Gasteiger partial charge in [-0.3, -0.25) is 4.79 Å². The molecule has 1 aromatic heterocycles. The van der Waals surface area contributed by atoms with Crippen LogP contribution in [0.15, 0.2) is 77.2 Å². The summed E-state index contributed by atoms with van der Waals surface area (Å²) in [7, 11) is 0. The van der Waals surface area contributed by atoms with Crippen LogP contribution in [0.2, 0.25) is 0 Å². The van der Waals surface area contributed by atoms with E-state index in [0.29, 0.717) is 22.8 Å². The summed E-state index contributed by atoms with van der Waals surface area (Å²) in [6.45, 7) is 3.55. The molecule has 0 fully saturated rings. The van der Waals surface area contributed by atoms with E-state index in [-0.39, 0.29) is 17.4 Å². The Morgan fingerprint density at radius 3 is 2.21 bits per heavy atom. The molecule has 1 amide bonds. The van der Waals surface area contributed by atoms with Crippen molar-refractivity contribution in [3.05, 3.63) is 89.7 Å². The van der Waals surface area contributed by atoms with Gasteiger partial charge in [0.15, 0.2) is 11.5 Å². The second-order valence-electron chi connectivity index (χ2n) is 7.76. The van der Waals surface area contributed by atoms with E-state index >= 15 is 0 Å². The van der Waals surface area contributed by atoms with E-state index in [1.54, 1.807) is 44.2 Å². The van der Waals surface area contributed by atoms with E-state index in [1.165, 1.54) is 12.1 Å². The number of rotatable bonds is 4. The Bertz CT molecular complexity index is 1340. The highest BCUT2D eigenvalue weighted by atomic mass is 19.3. The van der Waals surface area contributed by atoms with Crippen LogP contribution in [-0.2, 0) is 0 Å². The summed E-state index contributed by atoms with van der Waals surface area (Å²) in [5.41, 5.74) is 4.21. The van der Waals surface area contributed by atoms with Crippen molar-refractivity contribution in [1.82, 2.24) is 0 Å². The van der Waals surface area contributed by atoms with Crippen LogP contribution in [0.1, 0.15) is 21.7 Å². The van der Waals surface area contributed by atoms with Gasteiger partial charge in [0.05, 0.1) is 5.56 Å². The summed E-state index contributed by atoms with van der Waals surface area (Å²) in [5, 5.41) is 2.87. The molecule has 4 aromatic rings. The smallest absolute Gasteiger partial charge is 0.461 e. The minimum absolute atomic E-state index is 0.00971. The molecule has 0 unspecified atom stereocenters. The Hall–Kier alpha value is -4.13. The van der Waals surface area contributed by atoms with Crippen molar-refractivity contribution >= 4 is 11.6 Å². The number of carbonyl (C=O) groups is 1. The molecule has 0 aliphatic carbocycles. The third-order valence-electron chi connectivity index (χ3n) is 5.42. The van der Waals surface area contributed by atoms with Gasteiger partial charge in [-0.2, -0.15) is 0 Å². The number of alkyl halides is 2. The summed E-state index contributed by atoms with van der Waals surface area (Å²) in [6.07, 6.45) is -3.66. The van der Waals surface area contributed by atoms with Crippen LogP contribution < -0.4 is 14.8 Å². The Morgan fingerprint density at radius 1 is 0.848 bits per heavy atom. The van der Waals surface area contributed by atoms with Gasteiger partial charge in [-0.25, -0.2) is 0 Å². The van der Waals surface area contributed by atoms with Gasteiger partial charge in [0.2, 0.25) is 0 Å². The predicted molar refractivity (Wildman–Crippen MR) is 120 cm³/mol. The highest BCUT2D eigenvalue weighted by Crippen LogP contribution is 2.44. The lowest BCUT2D eigenvalue weighted by Gasteiger charge is -2.09. The van der Waals surface area contributed by atoms with E-state index < -0.39 is 6.29 Å². The number of amides is 1. The monoisotopic (exact) mass is 447 g/mol. The first-order chi connectivity index (χ1) is 15.8. The second-order valence-corrected chi connectivity index (χ2v) is 7.76. The van der Waals surface area contributed by atoms with Gasteiger partial charge in [-0.15, -0.1) is 8.78 Å². The molecule has 0 spiro atoms. The van der Waals surface area contributed by atoms with Crippen LogP contribution in [0.25, 0.3) is 22.5 Å². The van der Waals surface area contributed by atoms with Crippen molar-refractivity contribution in [3.8, 4) is 33.9 Å². The number of anilines is 1. The molecular formula is C26H19F2NO4. The first-order valence-corrected chi connectivity index (χ1v) is 10.3. The summed E-state index contributed by atoms with van der Waals surface area (Å²) in [4.78, 5) is 12.8. The van der Waals surface area contributed by atoms with E-state index in [2.05, 4.69) is 14.8 Å². The summed E-state index contributed by atoms with van der Waals surface area (Å²) in [5.74, 6) is 0.860. The van der Waals surface area contributed by atoms with E-state index in [9.17, 15) is 13.6 Å². The van der Waals surface area contributed by atoms with Crippen molar-refractivity contribution in [1.29, 1.82) is 0 Å². The number of nitrogens with one attached hydrogen (secondary N) is 1. The fraction of sp³-hybridized carbons (Fsp3) is 0.115. The van der Waals surface area contributed by atoms with Gasteiger partial charge in [-0.1, -0.05) is 42.5 Å². The lowest BCUT2D eigenvalue weighted by molar-refractivity contribution is -0.286. The molecule has 1 aliphatic rings. The Kier molecular flexibility index (Phi) is 4.89. The number of fused-ring (bicyclic) bond motifs is 1. The maximum Gasteiger partial charge on any atom is 0.586 e. The molecule has 5 rings (SSSR count). The molecule has 166 valence electrons. The van der Waals surface area contributed by atoms with Crippen molar-refractivity contribution < 1.29 is 27.5 Å². The molecule has 0 saturated carbocycles. The van der Waals surface area contributed by atoms with Crippen LogP contribution >= 0.6 is 0 Å². The molecule has 0 radical (unpaired) electrons. The molecule has 2 heterocycles. The molecule has 7 heteroatoms. The average molecular weight is 447 g/mol. The molecule has 0 atom stereocenters. The van der Waals surface area contributed by atoms with Crippen molar-refractivity contribution in [2.45, 2.75) is 20.1 Å². The van der Waals surface area contributed by atoms with Crippen LogP contribution in [0.4, 0.5) is 14.5 Å². The number of aryl methyl sites for hydroxylation is 2. The van der Waals surface area contributed by atoms with Crippen LogP contribution in [0.3, 0.4) is 0 Å². The molecule has 5 nitrogen and oxygen atoms in total. The van der Waals surface area contributed by atoms with Gasteiger partial charge in [0.25, 0.3) is 5.91 Å². The second kappa shape index (κ2) is 7.78. The van der Waals surface area contributed by atoms with Crippen molar-refractivity contribution in [2.75, 3.05) is 5.32 Å². The first kappa shape index (κ1) is 20.8. The molecule has 0 bridgehead atoms. The summed E-state index contributed by atoms with van der Waals surface area (Å²) in [6, 6.07) is 21.4. The fourth-order valence-corrected chi connectivity index (χ4v) is 3.79. The molecule has 1 aliphatic heterocycles. The Balaban J connectivity index is 1.34. The fourth-order valence-electron chi connectivity index (χ4n) is 3.79. The molecule has 33 heavy (non-hydrogen) atoms. The standard InChI is InChI=1S/C26H19F2NO4/c1-15-12-23-24(33-26(27,28)32-23)13-20(15)17-8-10-19(11-9-17)29-25(30)21-14-22(31-16(21)2)18-6-4-3-5-7-18/h3-14H,1-2H3,(H,29,30). The highest BCUT2D eigenvalue weighted by molar-refractivity contribution is 6.05. The first-order valence-electron chi connectivity index (χ1n) is 10.3. The molecule has 1 N–H and O–H groups in total. The minimum atomic E-state index is -3.66. The van der Waals surface area contributed by atoms with Crippen LogP contribution in [-0.4, -0.2) is 12.2 Å². The molecular weight excluding hydrogens is 428 g/mol. The highest BCUT2D eigenvalue weighted by Gasteiger charge is 2.43. The maximum atomic E-state index is 13.4. The Labute approximate surface area is 188 Å². The lowest BCUT2D eigenvalue weighted by atomic mass is 9.99. The quantitative estimate of drug-likeness (QED) is 0.374. The maximum absolute atomic E-state index is 13.4. The zero-order chi connectivity index (χ0) is 23.2. The third-order valence-corrected chi connectivity index (χ3v) is 5.42. The number of hydrogen-bond donors (Lipinski definition) is 1. The van der Waals surface area contributed by atoms with Gasteiger partial charge in [0, 0.05) is 11.3 Å². The zero-order valence-corrected chi connectivity index (χ0v) is 17.8. The third kappa shape index (κ3) is 4.05. The molecule has 0 saturated heterocycles. The zero-order valence-electron chi connectivity index (χ0n) is 17.8.